The van der Waals surface area contributed by atoms with Crippen LogP contribution in [0.25, 0.3) is 0 Å². The molecule has 1 aliphatic rings. The van der Waals surface area contributed by atoms with Crippen LogP contribution in [0.2, 0.25) is 0 Å². The minimum absolute atomic E-state index is 0.00556. The van der Waals surface area contributed by atoms with Crippen molar-refractivity contribution in [2.24, 2.45) is 0 Å². The molecule has 0 radical (unpaired) electrons. The van der Waals surface area contributed by atoms with Gasteiger partial charge in [0.2, 0.25) is 11.8 Å². The zero-order valence-corrected chi connectivity index (χ0v) is 14.9. The average molecular weight is 372 g/mol. The van der Waals surface area contributed by atoms with Gasteiger partial charge >= 0.3 is 6.01 Å². The average Bonchev–Trinajstić information content (AvgIpc) is 2.69. The maximum atomic E-state index is 12.4. The van der Waals surface area contributed by atoms with Crippen molar-refractivity contribution in [3.8, 4) is 11.9 Å². The summed E-state index contributed by atoms with van der Waals surface area (Å²) in [7, 11) is 1.49. The molecular formula is C18H20N4O5. The number of benzene rings is 1. The normalized spacial score (nSPS) is 14.6. The number of piperidine rings is 1. The maximum absolute atomic E-state index is 12.4. The number of carbonyl (C=O) groups excluding carboxylic acids is 1. The number of non-ortho nitro benzene ring substituents is 1. The molecular weight excluding hydrogens is 352 g/mol. The van der Waals surface area contributed by atoms with Gasteiger partial charge in [0.15, 0.2) is 0 Å². The number of nitro benzene ring substituents is 1. The fourth-order valence-electron chi connectivity index (χ4n) is 2.90. The van der Waals surface area contributed by atoms with Crippen LogP contribution in [0, 0.1) is 10.1 Å². The zero-order valence-electron chi connectivity index (χ0n) is 14.9. The van der Waals surface area contributed by atoms with Gasteiger partial charge in [0, 0.05) is 50.3 Å². The van der Waals surface area contributed by atoms with E-state index in [0.717, 1.165) is 5.56 Å². The molecule has 0 spiro atoms. The summed E-state index contributed by atoms with van der Waals surface area (Å²) in [6, 6.07) is 8.00. The van der Waals surface area contributed by atoms with Crippen LogP contribution in [0.15, 0.2) is 36.5 Å². The quantitative estimate of drug-likeness (QED) is 0.564. The molecule has 0 unspecified atom stereocenters. The lowest BCUT2D eigenvalue weighted by atomic mass is 10.1. The number of hydrogen-bond donors (Lipinski definition) is 0. The van der Waals surface area contributed by atoms with E-state index in [4.69, 9.17) is 9.47 Å². The van der Waals surface area contributed by atoms with Crippen LogP contribution < -0.4 is 9.47 Å². The standard InChI is InChI=1S/C18H20N4O5/c1-26-18-19-9-6-16(20-18)27-15-7-10-21(11-8-15)17(23)12-13-2-4-14(5-3-13)22(24)25/h2-6,9,15H,7-8,10-12H2,1H3. The predicted octanol–water partition coefficient (Wildman–Crippen LogP) is 2.01. The summed E-state index contributed by atoms with van der Waals surface area (Å²) in [5, 5.41) is 10.7. The first-order valence-electron chi connectivity index (χ1n) is 8.60. The molecule has 0 aliphatic carbocycles. The van der Waals surface area contributed by atoms with E-state index in [0.29, 0.717) is 31.8 Å². The van der Waals surface area contributed by atoms with E-state index < -0.39 is 4.92 Å². The van der Waals surface area contributed by atoms with Crippen LogP contribution in [0.4, 0.5) is 5.69 Å². The second kappa shape index (κ2) is 8.43. The number of ether oxygens (including phenoxy) is 2. The Morgan fingerprint density at radius 1 is 1.26 bits per heavy atom. The van der Waals surface area contributed by atoms with Crippen molar-refractivity contribution in [2.45, 2.75) is 25.4 Å². The van der Waals surface area contributed by atoms with Crippen LogP contribution in [0.5, 0.6) is 11.9 Å². The van der Waals surface area contributed by atoms with Gasteiger partial charge in [-0.15, -0.1) is 0 Å². The molecule has 2 aromatic rings. The molecule has 0 atom stereocenters. The van der Waals surface area contributed by atoms with Crippen molar-refractivity contribution < 1.29 is 19.2 Å². The van der Waals surface area contributed by atoms with E-state index in [2.05, 4.69) is 9.97 Å². The van der Waals surface area contributed by atoms with E-state index in [1.807, 2.05) is 0 Å². The highest BCUT2D eigenvalue weighted by Gasteiger charge is 2.24. The second-order valence-electron chi connectivity index (χ2n) is 6.18. The SMILES string of the molecule is COc1nccc(OC2CCN(C(=O)Cc3ccc([N+](=O)[O-])cc3)CC2)n1. The number of methoxy groups -OCH3 is 1. The summed E-state index contributed by atoms with van der Waals surface area (Å²) in [5.41, 5.74) is 0.780. The highest BCUT2D eigenvalue weighted by atomic mass is 16.6. The number of rotatable bonds is 6. The smallest absolute Gasteiger partial charge is 0.319 e. The van der Waals surface area contributed by atoms with Crippen LogP contribution in [-0.2, 0) is 11.2 Å². The first-order chi connectivity index (χ1) is 13.0. The zero-order chi connectivity index (χ0) is 19.2. The van der Waals surface area contributed by atoms with Crippen molar-refractivity contribution in [3.05, 3.63) is 52.2 Å². The van der Waals surface area contributed by atoms with E-state index in [-0.39, 0.29) is 30.1 Å². The molecule has 9 nitrogen and oxygen atoms in total. The Morgan fingerprint density at radius 2 is 1.96 bits per heavy atom. The van der Waals surface area contributed by atoms with Gasteiger partial charge in [0.1, 0.15) is 6.10 Å². The van der Waals surface area contributed by atoms with Crippen molar-refractivity contribution in [3.63, 3.8) is 0 Å². The summed E-state index contributed by atoms with van der Waals surface area (Å²) in [4.78, 5) is 32.5. The minimum atomic E-state index is -0.455. The first-order valence-corrected chi connectivity index (χ1v) is 8.60. The first kappa shape index (κ1) is 18.6. The molecule has 1 aliphatic heterocycles. The van der Waals surface area contributed by atoms with Crippen LogP contribution in [-0.4, -0.2) is 52.0 Å². The molecule has 1 saturated heterocycles. The molecule has 3 rings (SSSR count). The Bertz CT molecular complexity index is 804. The third kappa shape index (κ3) is 4.90. The van der Waals surface area contributed by atoms with Crippen LogP contribution >= 0.6 is 0 Å². The molecule has 142 valence electrons. The predicted molar refractivity (Wildman–Crippen MR) is 95.6 cm³/mol. The van der Waals surface area contributed by atoms with Gasteiger partial charge in [-0.2, -0.15) is 4.98 Å². The van der Waals surface area contributed by atoms with Gasteiger partial charge in [-0.3, -0.25) is 14.9 Å². The summed E-state index contributed by atoms with van der Waals surface area (Å²) in [6.07, 6.45) is 3.20. The molecule has 1 aromatic heterocycles. The number of aromatic nitrogens is 2. The van der Waals surface area contributed by atoms with Gasteiger partial charge in [-0.05, 0) is 5.56 Å². The third-order valence-electron chi connectivity index (χ3n) is 4.38. The van der Waals surface area contributed by atoms with Crippen molar-refractivity contribution >= 4 is 11.6 Å². The largest absolute Gasteiger partial charge is 0.474 e. The number of hydrogen-bond acceptors (Lipinski definition) is 7. The lowest BCUT2D eigenvalue weighted by Gasteiger charge is -2.32. The highest BCUT2D eigenvalue weighted by molar-refractivity contribution is 5.79. The maximum Gasteiger partial charge on any atom is 0.319 e. The number of nitro groups is 1. The summed E-state index contributed by atoms with van der Waals surface area (Å²) < 4.78 is 10.8. The Labute approximate surface area is 156 Å². The Kier molecular flexibility index (Phi) is 5.80. The molecule has 0 bridgehead atoms. The van der Waals surface area contributed by atoms with Crippen molar-refractivity contribution in [1.82, 2.24) is 14.9 Å². The van der Waals surface area contributed by atoms with Gasteiger partial charge in [0.25, 0.3) is 5.69 Å². The number of carbonyl (C=O) groups is 1. The van der Waals surface area contributed by atoms with E-state index in [1.165, 1.54) is 19.2 Å². The van der Waals surface area contributed by atoms with Crippen LogP contribution in [0.1, 0.15) is 18.4 Å². The molecule has 1 amide bonds. The topological polar surface area (TPSA) is 108 Å². The molecule has 1 aromatic carbocycles. The Morgan fingerprint density at radius 3 is 2.59 bits per heavy atom. The van der Waals surface area contributed by atoms with Gasteiger partial charge in [-0.25, -0.2) is 4.98 Å². The summed E-state index contributed by atoms with van der Waals surface area (Å²) in [5.74, 6) is 0.462. The summed E-state index contributed by atoms with van der Waals surface area (Å²) in [6.45, 7) is 1.19. The molecule has 1 fully saturated rings. The lowest BCUT2D eigenvalue weighted by molar-refractivity contribution is -0.384. The van der Waals surface area contributed by atoms with E-state index >= 15 is 0 Å². The van der Waals surface area contributed by atoms with Gasteiger partial charge in [0.05, 0.1) is 18.5 Å². The minimum Gasteiger partial charge on any atom is -0.474 e. The molecule has 0 N–H and O–H groups in total. The number of nitrogens with zero attached hydrogens (tertiary/aromatic N) is 4. The van der Waals surface area contributed by atoms with Crippen molar-refractivity contribution in [1.29, 1.82) is 0 Å². The Balaban J connectivity index is 1.49. The molecule has 27 heavy (non-hydrogen) atoms. The van der Waals surface area contributed by atoms with Crippen molar-refractivity contribution in [2.75, 3.05) is 20.2 Å². The second-order valence-corrected chi connectivity index (χ2v) is 6.18. The molecule has 2 heterocycles. The number of likely N-dealkylation sites (tertiary alicyclic amines) is 1. The number of amides is 1. The monoisotopic (exact) mass is 372 g/mol. The molecule has 0 saturated carbocycles. The van der Waals surface area contributed by atoms with Crippen LogP contribution in [0.3, 0.4) is 0 Å². The third-order valence-corrected chi connectivity index (χ3v) is 4.38. The van der Waals surface area contributed by atoms with Gasteiger partial charge < -0.3 is 14.4 Å². The molecule has 9 heteroatoms. The van der Waals surface area contributed by atoms with Gasteiger partial charge in [-0.1, -0.05) is 12.1 Å². The van der Waals surface area contributed by atoms with E-state index in [9.17, 15) is 14.9 Å². The fourth-order valence-corrected chi connectivity index (χ4v) is 2.90. The Hall–Kier alpha value is -3.23. The lowest BCUT2D eigenvalue weighted by Crippen LogP contribution is -2.42. The fraction of sp³-hybridized carbons (Fsp3) is 0.389. The summed E-state index contributed by atoms with van der Waals surface area (Å²) >= 11 is 0. The highest BCUT2D eigenvalue weighted by Crippen LogP contribution is 2.19. The van der Waals surface area contributed by atoms with E-state index in [1.54, 1.807) is 29.3 Å².